The lowest BCUT2D eigenvalue weighted by Crippen LogP contribution is -2.34. The molecule has 1 heterocycles. The average Bonchev–Trinajstić information content (AvgIpc) is 2.74. The second-order valence-corrected chi connectivity index (χ2v) is 6.86. The van der Waals surface area contributed by atoms with Crippen LogP contribution in [0.25, 0.3) is 11.3 Å². The van der Waals surface area contributed by atoms with E-state index in [1.807, 2.05) is 0 Å². The molecule has 6 nitrogen and oxygen atoms in total. The molecule has 31 heavy (non-hydrogen) atoms. The lowest BCUT2D eigenvalue weighted by atomic mass is 10.1. The Balaban J connectivity index is 1.56. The third-order valence-corrected chi connectivity index (χ3v) is 4.46. The van der Waals surface area contributed by atoms with Crippen LogP contribution >= 0.6 is 11.6 Å². The topological polar surface area (TPSA) is 73.2 Å². The van der Waals surface area contributed by atoms with Crippen molar-refractivity contribution in [3.05, 3.63) is 81.6 Å². The summed E-state index contributed by atoms with van der Waals surface area (Å²) in [5.74, 6) is -1.06. The number of ether oxygens (including phenoxy) is 1. The molecule has 0 spiro atoms. The molecule has 0 fully saturated rings. The highest BCUT2D eigenvalue weighted by atomic mass is 35.5. The van der Waals surface area contributed by atoms with Crippen LogP contribution in [0.3, 0.4) is 0 Å². The van der Waals surface area contributed by atoms with Gasteiger partial charge in [0.2, 0.25) is 0 Å². The highest BCUT2D eigenvalue weighted by Gasteiger charge is 2.34. The van der Waals surface area contributed by atoms with Gasteiger partial charge in [0.15, 0.2) is 6.61 Å². The van der Waals surface area contributed by atoms with Gasteiger partial charge in [-0.25, -0.2) is 4.68 Å². The Morgan fingerprint density at radius 2 is 1.77 bits per heavy atom. The van der Waals surface area contributed by atoms with E-state index in [-0.39, 0.29) is 18.6 Å². The summed E-state index contributed by atoms with van der Waals surface area (Å²) < 4.78 is 45.0. The zero-order valence-corrected chi connectivity index (χ0v) is 16.8. The maximum absolute atomic E-state index is 12.9. The summed E-state index contributed by atoms with van der Waals surface area (Å²) >= 11 is 5.87. The zero-order valence-electron chi connectivity index (χ0n) is 16.0. The van der Waals surface area contributed by atoms with Gasteiger partial charge in [-0.15, -0.1) is 0 Å². The van der Waals surface area contributed by atoms with Crippen molar-refractivity contribution < 1.29 is 22.7 Å². The van der Waals surface area contributed by atoms with Gasteiger partial charge in [-0.2, -0.15) is 18.3 Å². The number of hydrogen-bond acceptors (Lipinski definition) is 4. The van der Waals surface area contributed by atoms with Crippen LogP contribution in [0.4, 0.5) is 13.2 Å². The van der Waals surface area contributed by atoms with Crippen molar-refractivity contribution in [2.75, 3.05) is 13.2 Å². The van der Waals surface area contributed by atoms with Crippen molar-refractivity contribution in [3.8, 4) is 17.0 Å². The van der Waals surface area contributed by atoms with E-state index in [1.165, 1.54) is 22.9 Å². The largest absolute Gasteiger partial charge is 0.483 e. The summed E-state index contributed by atoms with van der Waals surface area (Å²) in [4.78, 5) is 23.9. The highest BCUT2D eigenvalue weighted by Crippen LogP contribution is 2.35. The van der Waals surface area contributed by atoms with Crippen molar-refractivity contribution in [1.29, 1.82) is 0 Å². The van der Waals surface area contributed by atoms with Crippen LogP contribution in [0, 0.1) is 0 Å². The number of nitrogens with zero attached hydrogens (tertiary/aromatic N) is 2. The number of carbonyl (C=O) groups is 1. The van der Waals surface area contributed by atoms with Gasteiger partial charge < -0.3 is 10.1 Å². The van der Waals surface area contributed by atoms with Crippen molar-refractivity contribution in [2.45, 2.75) is 12.7 Å². The van der Waals surface area contributed by atoms with Crippen molar-refractivity contribution in [3.63, 3.8) is 0 Å². The fourth-order valence-electron chi connectivity index (χ4n) is 2.71. The first-order valence-electron chi connectivity index (χ1n) is 9.14. The fraction of sp³-hybridized carbons (Fsp3) is 0.190. The van der Waals surface area contributed by atoms with Gasteiger partial charge in [-0.1, -0.05) is 35.9 Å². The Morgan fingerprint density at radius 1 is 1.06 bits per heavy atom. The maximum atomic E-state index is 12.9. The van der Waals surface area contributed by atoms with Gasteiger partial charge in [-0.3, -0.25) is 9.59 Å². The average molecular weight is 452 g/mol. The quantitative estimate of drug-likeness (QED) is 0.593. The van der Waals surface area contributed by atoms with E-state index in [9.17, 15) is 22.8 Å². The number of aromatic nitrogens is 2. The van der Waals surface area contributed by atoms with Gasteiger partial charge in [0.05, 0.1) is 17.8 Å². The van der Waals surface area contributed by atoms with Crippen LogP contribution in [0.1, 0.15) is 5.56 Å². The summed E-state index contributed by atoms with van der Waals surface area (Å²) in [5, 5.41) is 7.32. The molecule has 0 bridgehead atoms. The highest BCUT2D eigenvalue weighted by molar-refractivity contribution is 6.30. The van der Waals surface area contributed by atoms with E-state index < -0.39 is 30.0 Å². The van der Waals surface area contributed by atoms with Crippen LogP contribution in [-0.4, -0.2) is 28.8 Å². The summed E-state index contributed by atoms with van der Waals surface area (Å²) in [6.45, 7) is -0.481. The number of carbonyl (C=O) groups excluding carboxylic acids is 1. The van der Waals surface area contributed by atoms with E-state index in [2.05, 4.69) is 10.4 Å². The minimum absolute atomic E-state index is 0.0418. The molecule has 10 heteroatoms. The number of hydrogen-bond donors (Lipinski definition) is 1. The molecule has 1 N–H and O–H groups in total. The van der Waals surface area contributed by atoms with Gasteiger partial charge >= 0.3 is 6.18 Å². The number of amides is 1. The Morgan fingerprint density at radius 3 is 2.48 bits per heavy atom. The number of halogens is 4. The van der Waals surface area contributed by atoms with Crippen molar-refractivity contribution >= 4 is 17.5 Å². The smallest absolute Gasteiger partial charge is 0.419 e. The molecule has 0 atom stereocenters. The van der Waals surface area contributed by atoms with Crippen LogP contribution in [0.15, 0.2) is 65.5 Å². The number of nitrogens with one attached hydrogen (secondary N) is 1. The standard InChI is InChI=1S/C21H17ClF3N3O3/c22-15-7-5-14(6-8-15)17-9-10-20(30)28(27-17)12-11-26-19(29)13-31-18-4-2-1-3-16(18)21(23,24)25/h1-10H,11-13H2,(H,26,29). The van der Waals surface area contributed by atoms with Gasteiger partial charge in [0.1, 0.15) is 5.75 Å². The fourth-order valence-corrected chi connectivity index (χ4v) is 2.83. The Labute approximate surface area is 180 Å². The Kier molecular flexibility index (Phi) is 6.96. The molecule has 3 rings (SSSR count). The van der Waals surface area contributed by atoms with E-state index in [4.69, 9.17) is 16.3 Å². The number of alkyl halides is 3. The molecule has 0 aliphatic heterocycles. The van der Waals surface area contributed by atoms with E-state index in [0.717, 1.165) is 17.7 Å². The molecule has 0 saturated heterocycles. The third-order valence-electron chi connectivity index (χ3n) is 4.20. The predicted octanol–water partition coefficient (Wildman–Crippen LogP) is 3.78. The van der Waals surface area contributed by atoms with Crippen LogP contribution in [0.5, 0.6) is 5.75 Å². The normalized spacial score (nSPS) is 11.2. The first kappa shape index (κ1) is 22.4. The second-order valence-electron chi connectivity index (χ2n) is 6.42. The predicted molar refractivity (Wildman–Crippen MR) is 109 cm³/mol. The first-order valence-corrected chi connectivity index (χ1v) is 9.51. The first-order chi connectivity index (χ1) is 14.7. The zero-order chi connectivity index (χ0) is 22.4. The number of rotatable bonds is 7. The molecular weight excluding hydrogens is 435 g/mol. The number of benzene rings is 2. The summed E-state index contributed by atoms with van der Waals surface area (Å²) in [6, 6.07) is 14.5. The Bertz CT molecular complexity index is 1120. The SMILES string of the molecule is O=C(COc1ccccc1C(F)(F)F)NCCn1nc(-c2ccc(Cl)cc2)ccc1=O. The molecule has 0 saturated carbocycles. The lowest BCUT2D eigenvalue weighted by molar-refractivity contribution is -0.139. The minimum Gasteiger partial charge on any atom is -0.483 e. The molecule has 0 radical (unpaired) electrons. The van der Waals surface area contributed by atoms with E-state index >= 15 is 0 Å². The van der Waals surface area contributed by atoms with Gasteiger partial charge in [0, 0.05) is 23.2 Å². The molecular formula is C21H17ClF3N3O3. The molecule has 0 aliphatic carbocycles. The summed E-state index contributed by atoms with van der Waals surface area (Å²) in [5.41, 5.74) is -0.00603. The van der Waals surface area contributed by atoms with Crippen LogP contribution < -0.4 is 15.6 Å². The molecule has 162 valence electrons. The molecule has 1 amide bonds. The molecule has 0 aliphatic rings. The van der Waals surface area contributed by atoms with Gasteiger partial charge in [0.25, 0.3) is 11.5 Å². The minimum atomic E-state index is -4.59. The molecule has 1 aromatic heterocycles. The Hall–Kier alpha value is -3.33. The van der Waals surface area contributed by atoms with Crippen LogP contribution in [0.2, 0.25) is 5.02 Å². The third kappa shape index (κ3) is 6.08. The van der Waals surface area contributed by atoms with Crippen molar-refractivity contribution in [1.82, 2.24) is 15.1 Å². The van der Waals surface area contributed by atoms with Crippen LogP contribution in [-0.2, 0) is 17.5 Å². The summed E-state index contributed by atoms with van der Waals surface area (Å²) in [6.07, 6.45) is -4.59. The van der Waals surface area contributed by atoms with Crippen molar-refractivity contribution in [2.24, 2.45) is 0 Å². The van der Waals surface area contributed by atoms with E-state index in [0.29, 0.717) is 10.7 Å². The molecule has 0 unspecified atom stereocenters. The van der Waals surface area contributed by atoms with Gasteiger partial charge in [-0.05, 0) is 30.3 Å². The second kappa shape index (κ2) is 9.65. The number of para-hydroxylation sites is 1. The maximum Gasteiger partial charge on any atom is 0.419 e. The lowest BCUT2D eigenvalue weighted by Gasteiger charge is -2.13. The molecule has 2 aromatic carbocycles. The van der Waals surface area contributed by atoms with E-state index in [1.54, 1.807) is 30.3 Å². The molecule has 3 aromatic rings. The monoisotopic (exact) mass is 451 g/mol. The summed E-state index contributed by atoms with van der Waals surface area (Å²) in [7, 11) is 0.